The van der Waals surface area contributed by atoms with Crippen LogP contribution >= 0.6 is 0 Å². The molecule has 1 heteroatoms. The molecule has 0 aliphatic heterocycles. The third kappa shape index (κ3) is 3.88. The van der Waals surface area contributed by atoms with E-state index in [9.17, 15) is 0 Å². The zero-order valence-corrected chi connectivity index (χ0v) is 14.8. The third-order valence-electron chi connectivity index (χ3n) is 5.03. The molecule has 0 saturated carbocycles. The van der Waals surface area contributed by atoms with Crippen LogP contribution in [-0.2, 0) is 22.2 Å². The van der Waals surface area contributed by atoms with E-state index in [0.29, 0.717) is 16.7 Å². The van der Waals surface area contributed by atoms with Crippen LogP contribution in [0.25, 0.3) is 0 Å². The highest BCUT2D eigenvalue weighted by molar-refractivity contribution is 5.43. The second kappa shape index (κ2) is 6.12. The van der Waals surface area contributed by atoms with Crippen LogP contribution in [0.15, 0.2) is 18.2 Å². The van der Waals surface area contributed by atoms with E-state index >= 15 is 0 Å². The minimum atomic E-state index is 0.290. The highest BCUT2D eigenvalue weighted by Crippen LogP contribution is 2.45. The number of ether oxygens (including phenoxy) is 1. The predicted octanol–water partition coefficient (Wildman–Crippen LogP) is 5.60. The van der Waals surface area contributed by atoms with Crippen molar-refractivity contribution in [3.63, 3.8) is 0 Å². The molecule has 2 rings (SSSR count). The van der Waals surface area contributed by atoms with Crippen molar-refractivity contribution in [2.45, 2.75) is 78.2 Å². The fraction of sp³-hybridized carbons (Fsp3) is 0.700. The predicted molar refractivity (Wildman–Crippen MR) is 90.8 cm³/mol. The van der Waals surface area contributed by atoms with Crippen LogP contribution in [0.5, 0.6) is 0 Å². The molecule has 21 heavy (non-hydrogen) atoms. The topological polar surface area (TPSA) is 9.23 Å². The van der Waals surface area contributed by atoms with Crippen molar-refractivity contribution in [2.75, 3.05) is 6.61 Å². The number of hydrogen-bond donors (Lipinski definition) is 0. The van der Waals surface area contributed by atoms with Crippen LogP contribution in [0.3, 0.4) is 0 Å². The van der Waals surface area contributed by atoms with Gasteiger partial charge in [0, 0.05) is 6.61 Å². The molecule has 0 unspecified atom stereocenters. The Hall–Kier alpha value is -0.820. The molecule has 0 spiro atoms. The lowest BCUT2D eigenvalue weighted by molar-refractivity contribution is 0.110. The highest BCUT2D eigenvalue weighted by atomic mass is 16.5. The van der Waals surface area contributed by atoms with E-state index in [-0.39, 0.29) is 0 Å². The van der Waals surface area contributed by atoms with Crippen LogP contribution in [-0.4, -0.2) is 6.61 Å². The van der Waals surface area contributed by atoms with Crippen LogP contribution in [0, 0.1) is 5.92 Å². The minimum Gasteiger partial charge on any atom is -0.377 e. The van der Waals surface area contributed by atoms with E-state index in [1.807, 2.05) is 0 Å². The maximum Gasteiger partial charge on any atom is 0.0716 e. The van der Waals surface area contributed by atoms with Gasteiger partial charge in [-0.3, -0.25) is 0 Å². The largest absolute Gasteiger partial charge is 0.377 e. The molecule has 0 aromatic heterocycles. The first kappa shape index (κ1) is 16.5. The SMILES string of the molecule is CC(C)CCOCc1ccc2c(c1)C(C)(C)CCC2(C)C. The molecule has 0 radical (unpaired) electrons. The van der Waals surface area contributed by atoms with Gasteiger partial charge in [-0.2, -0.15) is 0 Å². The van der Waals surface area contributed by atoms with Crippen molar-refractivity contribution in [1.82, 2.24) is 0 Å². The van der Waals surface area contributed by atoms with E-state index in [2.05, 4.69) is 59.7 Å². The molecule has 1 aliphatic carbocycles. The van der Waals surface area contributed by atoms with Gasteiger partial charge in [0.2, 0.25) is 0 Å². The van der Waals surface area contributed by atoms with E-state index < -0.39 is 0 Å². The Balaban J connectivity index is 2.14. The molecule has 0 fully saturated rings. The molecule has 1 nitrogen and oxygen atoms in total. The van der Waals surface area contributed by atoms with Gasteiger partial charge in [0.1, 0.15) is 0 Å². The maximum atomic E-state index is 5.84. The lowest BCUT2D eigenvalue weighted by Gasteiger charge is -2.42. The lowest BCUT2D eigenvalue weighted by Crippen LogP contribution is -2.33. The summed E-state index contributed by atoms with van der Waals surface area (Å²) in [7, 11) is 0. The molecule has 1 aliphatic rings. The number of hydrogen-bond acceptors (Lipinski definition) is 1. The molecule has 0 bridgehead atoms. The first-order valence-corrected chi connectivity index (χ1v) is 8.44. The van der Waals surface area contributed by atoms with Crippen molar-refractivity contribution < 1.29 is 4.74 Å². The van der Waals surface area contributed by atoms with Crippen LogP contribution in [0.2, 0.25) is 0 Å². The Morgan fingerprint density at radius 1 is 1.00 bits per heavy atom. The van der Waals surface area contributed by atoms with E-state index in [1.165, 1.54) is 29.5 Å². The Kier molecular flexibility index (Phi) is 4.82. The van der Waals surface area contributed by atoms with Crippen molar-refractivity contribution in [3.05, 3.63) is 34.9 Å². The monoisotopic (exact) mass is 288 g/mol. The van der Waals surface area contributed by atoms with Crippen LogP contribution in [0.4, 0.5) is 0 Å². The Bertz CT molecular complexity index is 483. The quantitative estimate of drug-likeness (QED) is 0.641. The number of rotatable bonds is 5. The second-order valence-electron chi connectivity index (χ2n) is 8.38. The zero-order chi connectivity index (χ0) is 15.7. The average molecular weight is 288 g/mol. The third-order valence-corrected chi connectivity index (χ3v) is 5.03. The molecule has 0 atom stereocenters. The summed E-state index contributed by atoms with van der Waals surface area (Å²) in [6, 6.07) is 7.00. The molecular weight excluding hydrogens is 256 g/mol. The fourth-order valence-electron chi connectivity index (χ4n) is 3.23. The zero-order valence-electron chi connectivity index (χ0n) is 14.8. The van der Waals surface area contributed by atoms with Gasteiger partial charge in [-0.25, -0.2) is 0 Å². The Morgan fingerprint density at radius 2 is 1.62 bits per heavy atom. The van der Waals surface area contributed by atoms with Gasteiger partial charge in [-0.15, -0.1) is 0 Å². The Labute approximate surface area is 131 Å². The van der Waals surface area contributed by atoms with Crippen molar-refractivity contribution in [2.24, 2.45) is 5.92 Å². The fourth-order valence-corrected chi connectivity index (χ4v) is 3.23. The Morgan fingerprint density at radius 3 is 2.24 bits per heavy atom. The van der Waals surface area contributed by atoms with E-state index in [4.69, 9.17) is 4.74 Å². The van der Waals surface area contributed by atoms with Gasteiger partial charge in [0.25, 0.3) is 0 Å². The summed E-state index contributed by atoms with van der Waals surface area (Å²) in [5.41, 5.74) is 4.98. The van der Waals surface area contributed by atoms with Crippen molar-refractivity contribution in [1.29, 1.82) is 0 Å². The van der Waals surface area contributed by atoms with Crippen molar-refractivity contribution >= 4 is 0 Å². The maximum absolute atomic E-state index is 5.84. The number of fused-ring (bicyclic) bond motifs is 1. The summed E-state index contributed by atoms with van der Waals surface area (Å²) in [4.78, 5) is 0. The van der Waals surface area contributed by atoms with Gasteiger partial charge >= 0.3 is 0 Å². The van der Waals surface area contributed by atoms with E-state index in [1.54, 1.807) is 0 Å². The summed E-state index contributed by atoms with van der Waals surface area (Å²) in [6.45, 7) is 15.6. The van der Waals surface area contributed by atoms with Gasteiger partial charge in [0.15, 0.2) is 0 Å². The van der Waals surface area contributed by atoms with Gasteiger partial charge in [-0.1, -0.05) is 59.7 Å². The minimum absolute atomic E-state index is 0.290. The molecule has 1 aromatic carbocycles. The van der Waals surface area contributed by atoms with Crippen molar-refractivity contribution in [3.8, 4) is 0 Å². The second-order valence-corrected chi connectivity index (χ2v) is 8.38. The first-order valence-electron chi connectivity index (χ1n) is 8.44. The van der Waals surface area contributed by atoms with E-state index in [0.717, 1.165) is 19.6 Å². The van der Waals surface area contributed by atoms with Gasteiger partial charge in [0.05, 0.1) is 6.61 Å². The van der Waals surface area contributed by atoms with Gasteiger partial charge in [-0.05, 0) is 52.7 Å². The molecule has 0 saturated heterocycles. The standard InChI is InChI=1S/C20H32O/c1-15(2)9-12-21-14-16-7-8-17-18(13-16)20(5,6)11-10-19(17,3)4/h7-8,13,15H,9-12,14H2,1-6H3. The first-order chi connectivity index (χ1) is 9.72. The molecule has 0 amide bonds. The summed E-state index contributed by atoms with van der Waals surface area (Å²) >= 11 is 0. The van der Waals surface area contributed by atoms with Gasteiger partial charge < -0.3 is 4.74 Å². The van der Waals surface area contributed by atoms with Crippen LogP contribution < -0.4 is 0 Å². The lowest BCUT2D eigenvalue weighted by atomic mass is 9.63. The smallest absolute Gasteiger partial charge is 0.0716 e. The van der Waals surface area contributed by atoms with Crippen LogP contribution in [0.1, 0.15) is 77.5 Å². The number of benzene rings is 1. The summed E-state index contributed by atoms with van der Waals surface area (Å²) < 4.78 is 5.84. The summed E-state index contributed by atoms with van der Waals surface area (Å²) in [6.07, 6.45) is 3.69. The normalized spacial score (nSPS) is 19.6. The summed E-state index contributed by atoms with van der Waals surface area (Å²) in [5, 5.41) is 0. The summed E-state index contributed by atoms with van der Waals surface area (Å²) in [5.74, 6) is 0.716. The molecule has 0 N–H and O–H groups in total. The molecular formula is C20H32O. The molecule has 118 valence electrons. The highest BCUT2D eigenvalue weighted by Gasteiger charge is 2.36. The average Bonchev–Trinajstić information content (AvgIpc) is 2.40. The molecule has 1 aromatic rings. The molecule has 0 heterocycles.